The number of rotatable bonds is 5. The fourth-order valence-electron chi connectivity index (χ4n) is 2.05. The predicted molar refractivity (Wildman–Crippen MR) is 86.2 cm³/mol. The van der Waals surface area contributed by atoms with Crippen LogP contribution in [0.3, 0.4) is 0 Å². The fraction of sp³-hybridized carbons (Fsp3) is 0.267. The van der Waals surface area contributed by atoms with Crippen LogP contribution in [0.1, 0.15) is 24.2 Å². The average Bonchev–Trinajstić information content (AvgIpc) is 2.42. The third-order valence-corrected chi connectivity index (χ3v) is 4.14. The molecule has 0 aliphatic rings. The highest BCUT2D eigenvalue weighted by Gasteiger charge is 2.15. The third-order valence-electron chi connectivity index (χ3n) is 2.92. The van der Waals surface area contributed by atoms with Gasteiger partial charge in [-0.1, -0.05) is 44.8 Å². The summed E-state index contributed by atoms with van der Waals surface area (Å²) >= 11 is 7.17. The molecule has 0 fully saturated rings. The van der Waals surface area contributed by atoms with Gasteiger partial charge in [0.2, 0.25) is 0 Å². The number of nitrogens with zero attached hydrogens (tertiary/aromatic N) is 1. The van der Waals surface area contributed by atoms with Gasteiger partial charge in [0.05, 0.1) is 0 Å². The number of benzene rings is 1. The van der Waals surface area contributed by atoms with Crippen LogP contribution >= 0.6 is 31.9 Å². The summed E-state index contributed by atoms with van der Waals surface area (Å²) < 4.78 is 2.22. The molecule has 2 aromatic rings. The largest absolute Gasteiger partial charge is 0.310 e. The summed E-state index contributed by atoms with van der Waals surface area (Å²) in [6.07, 6.45) is 2.72. The lowest BCUT2D eigenvalue weighted by atomic mass is 10.0. The number of nitrogens with one attached hydrogen (secondary N) is 1. The van der Waals surface area contributed by atoms with Crippen LogP contribution in [0.25, 0.3) is 0 Å². The Morgan fingerprint density at radius 1 is 1.21 bits per heavy atom. The zero-order valence-electron chi connectivity index (χ0n) is 10.7. The van der Waals surface area contributed by atoms with Crippen LogP contribution in [0.4, 0.5) is 0 Å². The Bertz CT molecular complexity index is 529. The highest BCUT2D eigenvalue weighted by molar-refractivity contribution is 9.11. The van der Waals surface area contributed by atoms with Crippen LogP contribution in [-0.2, 0) is 6.42 Å². The summed E-state index contributed by atoms with van der Waals surface area (Å²) in [5, 5.41) is 3.52. The number of halogens is 2. The molecular formula is C15H16Br2N2. The van der Waals surface area contributed by atoms with Gasteiger partial charge in [0.15, 0.2) is 0 Å². The molecule has 0 bridgehead atoms. The van der Waals surface area contributed by atoms with E-state index in [0.29, 0.717) is 0 Å². The number of pyridine rings is 1. The zero-order valence-corrected chi connectivity index (χ0v) is 13.9. The molecule has 4 heteroatoms. The van der Waals surface area contributed by atoms with Gasteiger partial charge in [-0.3, -0.25) is 4.98 Å². The molecule has 1 unspecified atom stereocenters. The first-order chi connectivity index (χ1) is 9.20. The molecule has 2 nitrogen and oxygen atoms in total. The van der Waals surface area contributed by atoms with E-state index in [1.165, 1.54) is 5.56 Å². The molecule has 1 aromatic carbocycles. The van der Waals surface area contributed by atoms with E-state index in [9.17, 15) is 0 Å². The minimum absolute atomic E-state index is 0.256. The summed E-state index contributed by atoms with van der Waals surface area (Å²) in [6, 6.07) is 12.6. The number of aromatic nitrogens is 1. The summed E-state index contributed by atoms with van der Waals surface area (Å²) in [5.74, 6) is 0. The Morgan fingerprint density at radius 3 is 2.74 bits per heavy atom. The molecule has 19 heavy (non-hydrogen) atoms. The van der Waals surface area contributed by atoms with Crippen molar-refractivity contribution in [3.05, 3.63) is 62.8 Å². The maximum Gasteiger partial charge on any atom is 0.0422 e. The molecule has 0 spiro atoms. The van der Waals surface area contributed by atoms with Gasteiger partial charge >= 0.3 is 0 Å². The zero-order chi connectivity index (χ0) is 13.7. The Morgan fingerprint density at radius 2 is 2.05 bits per heavy atom. The van der Waals surface area contributed by atoms with Gasteiger partial charge in [-0.2, -0.15) is 0 Å². The number of likely N-dealkylation sites (N-methyl/N-ethyl adjacent to an activating group) is 1. The topological polar surface area (TPSA) is 24.9 Å². The number of hydrogen-bond donors (Lipinski definition) is 1. The van der Waals surface area contributed by atoms with Crippen LogP contribution in [-0.4, -0.2) is 11.5 Å². The minimum Gasteiger partial charge on any atom is -0.310 e. The van der Waals surface area contributed by atoms with E-state index in [1.807, 2.05) is 24.4 Å². The molecule has 1 heterocycles. The average molecular weight is 384 g/mol. The molecule has 0 radical (unpaired) electrons. The van der Waals surface area contributed by atoms with Gasteiger partial charge in [-0.25, -0.2) is 0 Å². The van der Waals surface area contributed by atoms with Crippen molar-refractivity contribution < 1.29 is 0 Å². The molecule has 2 rings (SSSR count). The van der Waals surface area contributed by atoms with Gasteiger partial charge in [0.1, 0.15) is 0 Å². The standard InChI is InChI=1S/C15H16Br2N2/c1-2-18-15(10-12-5-3-4-8-19-12)13-9-11(16)6-7-14(13)17/h3-9,15,18H,2,10H2,1H3. The van der Waals surface area contributed by atoms with Crippen molar-refractivity contribution in [2.75, 3.05) is 6.54 Å². The third kappa shape index (κ3) is 4.13. The highest BCUT2D eigenvalue weighted by atomic mass is 79.9. The summed E-state index contributed by atoms with van der Waals surface area (Å²) in [4.78, 5) is 4.41. The van der Waals surface area contributed by atoms with Crippen molar-refractivity contribution in [1.29, 1.82) is 0 Å². The van der Waals surface area contributed by atoms with Crippen LogP contribution in [0.15, 0.2) is 51.5 Å². The Kier molecular flexibility index (Phi) is 5.55. The quantitative estimate of drug-likeness (QED) is 0.822. The Labute approximate surface area is 130 Å². The molecule has 1 N–H and O–H groups in total. The van der Waals surface area contributed by atoms with Gasteiger partial charge in [-0.15, -0.1) is 0 Å². The van der Waals surface area contributed by atoms with Gasteiger partial charge in [0, 0.05) is 33.3 Å². The first kappa shape index (κ1) is 14.7. The van der Waals surface area contributed by atoms with Crippen molar-refractivity contribution in [1.82, 2.24) is 10.3 Å². The second-order valence-corrected chi connectivity index (χ2v) is 6.07. The van der Waals surface area contributed by atoms with E-state index < -0.39 is 0 Å². The van der Waals surface area contributed by atoms with Crippen LogP contribution < -0.4 is 5.32 Å². The molecule has 0 aliphatic heterocycles. The van der Waals surface area contributed by atoms with E-state index >= 15 is 0 Å². The minimum atomic E-state index is 0.256. The number of hydrogen-bond acceptors (Lipinski definition) is 2. The van der Waals surface area contributed by atoms with Crippen molar-refractivity contribution in [3.63, 3.8) is 0 Å². The summed E-state index contributed by atoms with van der Waals surface area (Å²) in [6.45, 7) is 3.05. The first-order valence-electron chi connectivity index (χ1n) is 6.29. The lowest BCUT2D eigenvalue weighted by molar-refractivity contribution is 0.542. The van der Waals surface area contributed by atoms with Crippen molar-refractivity contribution in [2.24, 2.45) is 0 Å². The van der Waals surface area contributed by atoms with Crippen molar-refractivity contribution in [2.45, 2.75) is 19.4 Å². The molecule has 1 atom stereocenters. The smallest absolute Gasteiger partial charge is 0.0422 e. The van der Waals surface area contributed by atoms with E-state index in [2.05, 4.69) is 67.3 Å². The molecule has 0 amide bonds. The maximum absolute atomic E-state index is 4.41. The molecule has 0 saturated heterocycles. The maximum atomic E-state index is 4.41. The predicted octanol–water partition coefficient (Wildman–Crippen LogP) is 4.50. The van der Waals surface area contributed by atoms with Crippen LogP contribution in [0.5, 0.6) is 0 Å². The SMILES string of the molecule is CCNC(Cc1ccccn1)c1cc(Br)ccc1Br. The van der Waals surface area contributed by atoms with E-state index in [0.717, 1.165) is 27.6 Å². The van der Waals surface area contributed by atoms with Gasteiger partial charge < -0.3 is 5.32 Å². The van der Waals surface area contributed by atoms with Crippen molar-refractivity contribution in [3.8, 4) is 0 Å². The first-order valence-corrected chi connectivity index (χ1v) is 7.87. The monoisotopic (exact) mass is 382 g/mol. The lowest BCUT2D eigenvalue weighted by Gasteiger charge is -2.19. The fourth-order valence-corrected chi connectivity index (χ4v) is 2.95. The molecule has 1 aromatic heterocycles. The lowest BCUT2D eigenvalue weighted by Crippen LogP contribution is -2.23. The van der Waals surface area contributed by atoms with Gasteiger partial charge in [-0.05, 0) is 42.4 Å². The molecule has 0 aliphatic carbocycles. The Hall–Kier alpha value is -0.710. The van der Waals surface area contributed by atoms with Crippen LogP contribution in [0, 0.1) is 0 Å². The van der Waals surface area contributed by atoms with Gasteiger partial charge in [0.25, 0.3) is 0 Å². The molecule has 100 valence electrons. The van der Waals surface area contributed by atoms with E-state index in [-0.39, 0.29) is 6.04 Å². The second-order valence-electron chi connectivity index (χ2n) is 4.30. The normalized spacial score (nSPS) is 12.4. The highest BCUT2D eigenvalue weighted by Crippen LogP contribution is 2.28. The van der Waals surface area contributed by atoms with E-state index in [1.54, 1.807) is 0 Å². The van der Waals surface area contributed by atoms with Crippen molar-refractivity contribution >= 4 is 31.9 Å². The molecule has 0 saturated carbocycles. The van der Waals surface area contributed by atoms with Crippen LogP contribution in [0.2, 0.25) is 0 Å². The summed E-state index contributed by atoms with van der Waals surface area (Å²) in [5.41, 5.74) is 2.35. The van der Waals surface area contributed by atoms with E-state index in [4.69, 9.17) is 0 Å². The summed E-state index contributed by atoms with van der Waals surface area (Å²) in [7, 11) is 0. The molecular weight excluding hydrogens is 368 g/mol. The Balaban J connectivity index is 2.27. The second kappa shape index (κ2) is 7.17.